The molecule has 13 nitrogen and oxygen atoms in total. The van der Waals surface area contributed by atoms with Crippen molar-refractivity contribution in [3.63, 3.8) is 0 Å². The van der Waals surface area contributed by atoms with Crippen molar-refractivity contribution in [1.82, 2.24) is 4.31 Å². The molecule has 0 aromatic heterocycles. The monoisotopic (exact) mass is 581 g/mol. The molecule has 0 amide bonds. The number of anilines is 2. The predicted octanol–water partition coefficient (Wildman–Crippen LogP) is 1.47. The van der Waals surface area contributed by atoms with Crippen LogP contribution in [0.3, 0.4) is 0 Å². The molecule has 198 valence electrons. The van der Waals surface area contributed by atoms with E-state index in [2.05, 4.69) is 9.44 Å². The number of nitrogens with zero attached hydrogens (tertiary/aromatic N) is 1. The van der Waals surface area contributed by atoms with Crippen LogP contribution in [0.4, 0.5) is 11.4 Å². The second kappa shape index (κ2) is 9.73. The van der Waals surface area contributed by atoms with Crippen LogP contribution >= 0.6 is 0 Å². The van der Waals surface area contributed by atoms with E-state index in [1.54, 1.807) is 0 Å². The molecule has 4 N–H and O–H groups in total. The van der Waals surface area contributed by atoms with Gasteiger partial charge in [-0.25, -0.2) is 8.42 Å². The molecule has 0 heterocycles. The molecular formula is C19H23N3O10S4. The van der Waals surface area contributed by atoms with Crippen molar-refractivity contribution < 1.29 is 42.8 Å². The number of sulfonamides is 1. The van der Waals surface area contributed by atoms with Crippen LogP contribution in [0, 0.1) is 0 Å². The Kier molecular flexibility index (Phi) is 7.58. The van der Waals surface area contributed by atoms with E-state index >= 15 is 0 Å². The predicted molar refractivity (Wildman–Crippen MR) is 133 cm³/mol. The quantitative estimate of drug-likeness (QED) is 0.235. The average molecular weight is 582 g/mol. The van der Waals surface area contributed by atoms with E-state index in [1.807, 2.05) is 0 Å². The highest BCUT2D eigenvalue weighted by atomic mass is 32.2. The van der Waals surface area contributed by atoms with Gasteiger partial charge in [0.2, 0.25) is 10.0 Å². The molecule has 0 bridgehead atoms. The van der Waals surface area contributed by atoms with Crippen LogP contribution in [0.25, 0.3) is 12.2 Å². The lowest BCUT2D eigenvalue weighted by atomic mass is 10.1. The lowest BCUT2D eigenvalue weighted by Gasteiger charge is -2.14. The molecule has 0 aliphatic heterocycles. The number of nitrogens with one attached hydrogen (secondary N) is 2. The summed E-state index contributed by atoms with van der Waals surface area (Å²) in [6, 6.07) is 6.62. The Morgan fingerprint density at radius 3 is 1.53 bits per heavy atom. The van der Waals surface area contributed by atoms with Crippen molar-refractivity contribution in [2.24, 2.45) is 0 Å². The Hall–Kier alpha value is -2.54. The summed E-state index contributed by atoms with van der Waals surface area (Å²) in [7, 11) is -14.9. The summed E-state index contributed by atoms with van der Waals surface area (Å²) in [5.74, 6) is 0. The standard InChI is InChI=1S/C19H23N3O10S4/c1-22(2)36(31,32)21-16-8-6-14(19(12-16)35(28,29)30)4-3-13-5-7-15(11-18(13)34(25,26)27)20-33(23,24)17-9-10-17/h3-8,11-12,17,20-21H,9-10H2,1-2H3,(H,25,26,27)(H,28,29,30)/b4-3+. The third kappa shape index (κ3) is 6.81. The summed E-state index contributed by atoms with van der Waals surface area (Å²) in [5.41, 5.74) is -0.516. The number of hydrogen-bond donors (Lipinski definition) is 4. The van der Waals surface area contributed by atoms with Crippen LogP contribution in [-0.4, -0.2) is 66.4 Å². The van der Waals surface area contributed by atoms with Crippen LogP contribution in [0.15, 0.2) is 46.2 Å². The van der Waals surface area contributed by atoms with Gasteiger partial charge >= 0.3 is 10.2 Å². The van der Waals surface area contributed by atoms with Gasteiger partial charge in [-0.05, 0) is 48.2 Å². The summed E-state index contributed by atoms with van der Waals surface area (Å²) >= 11 is 0. The molecule has 1 fully saturated rings. The molecule has 3 rings (SSSR count). The number of benzene rings is 2. The highest BCUT2D eigenvalue weighted by Crippen LogP contribution is 2.31. The van der Waals surface area contributed by atoms with Crippen molar-refractivity contribution >= 4 is 64.0 Å². The number of rotatable bonds is 10. The maximum Gasteiger partial charge on any atom is 0.301 e. The molecule has 0 radical (unpaired) electrons. The molecule has 2 aromatic rings. The summed E-state index contributed by atoms with van der Waals surface area (Å²) in [6.07, 6.45) is 3.20. The van der Waals surface area contributed by atoms with Gasteiger partial charge < -0.3 is 0 Å². The zero-order valence-electron chi connectivity index (χ0n) is 18.9. The van der Waals surface area contributed by atoms with Gasteiger partial charge in [0.05, 0.1) is 10.9 Å². The van der Waals surface area contributed by atoms with Crippen LogP contribution in [0.5, 0.6) is 0 Å². The SMILES string of the molecule is CN(C)S(=O)(=O)Nc1ccc(/C=C/c2ccc(NS(=O)(=O)C3CC3)cc2S(=O)(=O)O)c(S(=O)(=O)O)c1. The fourth-order valence-corrected chi connectivity index (χ4v) is 6.37. The van der Waals surface area contributed by atoms with Gasteiger partial charge in [-0.15, -0.1) is 0 Å². The van der Waals surface area contributed by atoms with Crippen molar-refractivity contribution in [2.75, 3.05) is 23.5 Å². The van der Waals surface area contributed by atoms with Gasteiger partial charge in [0, 0.05) is 19.8 Å². The van der Waals surface area contributed by atoms with Gasteiger partial charge in [-0.1, -0.05) is 24.3 Å². The summed E-state index contributed by atoms with van der Waals surface area (Å²) in [6.45, 7) is 0. The maximum atomic E-state index is 12.1. The van der Waals surface area contributed by atoms with Crippen molar-refractivity contribution in [3.8, 4) is 0 Å². The molecule has 0 spiro atoms. The van der Waals surface area contributed by atoms with E-state index in [1.165, 1.54) is 38.4 Å². The molecule has 1 aliphatic carbocycles. The van der Waals surface area contributed by atoms with Crippen molar-refractivity contribution in [1.29, 1.82) is 0 Å². The van der Waals surface area contributed by atoms with E-state index in [4.69, 9.17) is 0 Å². The molecule has 2 aromatic carbocycles. The van der Waals surface area contributed by atoms with Crippen LogP contribution in [-0.2, 0) is 40.5 Å². The molecular weight excluding hydrogens is 558 g/mol. The first-order valence-electron chi connectivity index (χ1n) is 10.0. The Bertz CT molecular complexity index is 1530. The number of hydrogen-bond acceptors (Lipinski definition) is 8. The third-order valence-electron chi connectivity index (χ3n) is 4.98. The van der Waals surface area contributed by atoms with Crippen molar-refractivity contribution in [3.05, 3.63) is 47.5 Å². The Labute approximate surface area is 209 Å². The average Bonchev–Trinajstić information content (AvgIpc) is 3.57. The van der Waals surface area contributed by atoms with E-state index < -0.39 is 55.5 Å². The van der Waals surface area contributed by atoms with Crippen LogP contribution < -0.4 is 9.44 Å². The van der Waals surface area contributed by atoms with Crippen LogP contribution in [0.2, 0.25) is 0 Å². The molecule has 1 saturated carbocycles. The summed E-state index contributed by atoms with van der Waals surface area (Å²) < 4.78 is 120. The van der Waals surface area contributed by atoms with Gasteiger partial charge in [0.15, 0.2) is 0 Å². The fourth-order valence-electron chi connectivity index (χ4n) is 2.96. The molecule has 0 atom stereocenters. The second-order valence-electron chi connectivity index (χ2n) is 8.02. The minimum absolute atomic E-state index is 0.0946. The molecule has 36 heavy (non-hydrogen) atoms. The fraction of sp³-hybridized carbons (Fsp3) is 0.263. The van der Waals surface area contributed by atoms with Gasteiger partial charge in [0.1, 0.15) is 9.79 Å². The second-order valence-corrected chi connectivity index (χ2v) is 14.6. The van der Waals surface area contributed by atoms with Gasteiger partial charge in [0.25, 0.3) is 20.2 Å². The highest BCUT2D eigenvalue weighted by molar-refractivity contribution is 7.93. The Balaban J connectivity index is 2.02. The first-order chi connectivity index (χ1) is 16.4. The smallest absolute Gasteiger partial charge is 0.283 e. The highest BCUT2D eigenvalue weighted by Gasteiger charge is 2.36. The van der Waals surface area contributed by atoms with E-state index in [0.29, 0.717) is 12.8 Å². The minimum Gasteiger partial charge on any atom is -0.283 e. The van der Waals surface area contributed by atoms with Crippen molar-refractivity contribution in [2.45, 2.75) is 27.9 Å². The Morgan fingerprint density at radius 1 is 0.750 bits per heavy atom. The zero-order valence-corrected chi connectivity index (χ0v) is 22.1. The summed E-state index contributed by atoms with van der Waals surface area (Å²) in [5, 5.41) is -0.574. The largest absolute Gasteiger partial charge is 0.301 e. The third-order valence-corrected chi connectivity index (χ3v) is 10.1. The lowest BCUT2D eigenvalue weighted by Crippen LogP contribution is -2.29. The Morgan fingerprint density at radius 2 is 1.17 bits per heavy atom. The normalized spacial score (nSPS) is 15.4. The molecule has 17 heteroatoms. The molecule has 0 unspecified atom stereocenters. The lowest BCUT2D eigenvalue weighted by molar-refractivity contribution is 0.480. The van der Waals surface area contributed by atoms with Gasteiger partial charge in [-0.3, -0.25) is 18.5 Å². The first-order valence-corrected chi connectivity index (χ1v) is 15.9. The van der Waals surface area contributed by atoms with E-state index in [9.17, 15) is 42.8 Å². The minimum atomic E-state index is -4.85. The van der Waals surface area contributed by atoms with E-state index in [0.717, 1.165) is 28.6 Å². The van der Waals surface area contributed by atoms with E-state index in [-0.39, 0.29) is 22.5 Å². The van der Waals surface area contributed by atoms with Crippen LogP contribution in [0.1, 0.15) is 24.0 Å². The topological polar surface area (TPSA) is 204 Å². The molecule has 1 aliphatic rings. The first kappa shape index (κ1) is 28.0. The summed E-state index contributed by atoms with van der Waals surface area (Å²) in [4.78, 5) is -1.33. The van der Waals surface area contributed by atoms with Gasteiger partial charge in [-0.2, -0.15) is 29.6 Å². The maximum absolute atomic E-state index is 12.1. The molecule has 0 saturated heterocycles. The zero-order chi connectivity index (χ0) is 27.1.